The number of rotatable bonds is 1. The first-order chi connectivity index (χ1) is 7.54. The summed E-state index contributed by atoms with van der Waals surface area (Å²) < 4.78 is 0. The van der Waals surface area contributed by atoms with Crippen molar-refractivity contribution in [2.75, 3.05) is 5.32 Å². The van der Waals surface area contributed by atoms with E-state index in [-0.39, 0.29) is 18.4 Å². The Morgan fingerprint density at radius 1 is 1.35 bits per heavy atom. The Hall–Kier alpha value is -1.95. The van der Waals surface area contributed by atoms with Crippen molar-refractivity contribution in [2.24, 2.45) is 10.9 Å². The van der Waals surface area contributed by atoms with Gasteiger partial charge in [-0.3, -0.25) is 5.32 Å². The number of aryl methyl sites for hydroxylation is 2. The molecule has 0 bridgehead atoms. The van der Waals surface area contributed by atoms with Gasteiger partial charge in [0.1, 0.15) is 0 Å². The lowest BCUT2D eigenvalue weighted by Gasteiger charge is -2.11. The van der Waals surface area contributed by atoms with Crippen LogP contribution in [-0.2, 0) is 0 Å². The van der Waals surface area contributed by atoms with E-state index in [4.69, 9.17) is 10.9 Å². The third-order valence-electron chi connectivity index (χ3n) is 2.07. The molecule has 0 aliphatic heterocycles. The van der Waals surface area contributed by atoms with Crippen molar-refractivity contribution in [3.63, 3.8) is 0 Å². The minimum Gasteiger partial charge on any atom is -0.408 e. The maximum atomic E-state index is 11.4. The van der Waals surface area contributed by atoms with Gasteiger partial charge in [-0.25, -0.2) is 4.79 Å². The number of hydrogen-bond acceptors (Lipinski definition) is 3. The molecule has 17 heavy (non-hydrogen) atoms. The molecule has 0 heterocycles. The molecule has 5 N–H and O–H groups in total. The zero-order valence-electron chi connectivity index (χ0n) is 9.52. The van der Waals surface area contributed by atoms with Gasteiger partial charge >= 0.3 is 6.03 Å². The molecule has 0 fully saturated rings. The molecule has 2 amide bonds. The average molecular weight is 259 g/mol. The van der Waals surface area contributed by atoms with E-state index in [0.29, 0.717) is 5.69 Å². The van der Waals surface area contributed by atoms with Crippen molar-refractivity contribution < 1.29 is 10.0 Å². The molecule has 0 unspecified atom stereocenters. The quantitative estimate of drug-likeness (QED) is 0.266. The van der Waals surface area contributed by atoms with E-state index in [9.17, 15) is 4.79 Å². The lowest BCUT2D eigenvalue weighted by Crippen LogP contribution is -2.39. The second-order valence-electron chi connectivity index (χ2n) is 3.33. The lowest BCUT2D eigenvalue weighted by atomic mass is 10.1. The normalized spacial score (nSPS) is 10.4. The number of anilines is 1. The highest BCUT2D eigenvalue weighted by molar-refractivity contribution is 6.02. The number of urea groups is 1. The molecule has 0 aromatic heterocycles. The molecule has 1 aromatic carbocycles. The average Bonchev–Trinajstić information content (AvgIpc) is 2.23. The number of amides is 2. The predicted octanol–water partition coefficient (Wildman–Crippen LogP) is 1.55. The van der Waals surface area contributed by atoms with E-state index in [0.717, 1.165) is 11.1 Å². The van der Waals surface area contributed by atoms with Gasteiger partial charge in [0.2, 0.25) is 5.96 Å². The first-order valence-electron chi connectivity index (χ1n) is 4.66. The number of carbonyl (C=O) groups excluding carboxylic acids is 1. The Balaban J connectivity index is 0.00000256. The molecule has 0 saturated heterocycles. The van der Waals surface area contributed by atoms with Gasteiger partial charge in [0.05, 0.1) is 0 Å². The molecular formula is C10H15ClN4O2. The Bertz CT molecular complexity index is 414. The maximum Gasteiger partial charge on any atom is 0.326 e. The van der Waals surface area contributed by atoms with Crippen molar-refractivity contribution in [3.05, 3.63) is 29.3 Å². The number of carbonyl (C=O) groups is 1. The van der Waals surface area contributed by atoms with Crippen LogP contribution in [0.2, 0.25) is 0 Å². The minimum absolute atomic E-state index is 0. The fourth-order valence-electron chi connectivity index (χ4n) is 1.30. The van der Waals surface area contributed by atoms with Crippen LogP contribution in [-0.4, -0.2) is 17.2 Å². The number of halogens is 1. The third-order valence-corrected chi connectivity index (χ3v) is 2.07. The van der Waals surface area contributed by atoms with Crippen molar-refractivity contribution in [2.45, 2.75) is 13.8 Å². The zero-order valence-corrected chi connectivity index (χ0v) is 10.3. The van der Waals surface area contributed by atoms with Crippen LogP contribution in [0.15, 0.2) is 23.4 Å². The van der Waals surface area contributed by atoms with E-state index in [1.165, 1.54) is 0 Å². The van der Waals surface area contributed by atoms with Crippen LogP contribution >= 0.6 is 12.4 Å². The Morgan fingerprint density at radius 2 is 1.88 bits per heavy atom. The number of nitrogens with one attached hydrogen (secondary N) is 2. The summed E-state index contributed by atoms with van der Waals surface area (Å²) in [6.07, 6.45) is 0. The van der Waals surface area contributed by atoms with Crippen molar-refractivity contribution in [1.29, 1.82) is 0 Å². The van der Waals surface area contributed by atoms with E-state index in [2.05, 4.69) is 15.8 Å². The Morgan fingerprint density at radius 3 is 2.35 bits per heavy atom. The molecule has 1 rings (SSSR count). The standard InChI is InChI=1S/C10H14N4O2.ClH/c1-6-4-3-5-7(2)8(6)12-10(15)13-9(11)14-16;/h3-5,16H,1-2H3,(H4,11,12,13,14,15);1H. The fourth-order valence-corrected chi connectivity index (χ4v) is 1.30. The van der Waals surface area contributed by atoms with Crippen molar-refractivity contribution in [3.8, 4) is 0 Å². The van der Waals surface area contributed by atoms with E-state index >= 15 is 0 Å². The van der Waals surface area contributed by atoms with Gasteiger partial charge in [0.25, 0.3) is 0 Å². The molecule has 0 aliphatic rings. The van der Waals surface area contributed by atoms with Gasteiger partial charge < -0.3 is 16.3 Å². The number of nitrogens with zero attached hydrogens (tertiary/aromatic N) is 1. The SMILES string of the molecule is Cc1cccc(C)c1NC(=O)NC(N)=NO.Cl. The fraction of sp³-hybridized carbons (Fsp3) is 0.200. The predicted molar refractivity (Wildman–Crippen MR) is 68.7 cm³/mol. The molecule has 0 saturated carbocycles. The lowest BCUT2D eigenvalue weighted by molar-refractivity contribution is 0.255. The van der Waals surface area contributed by atoms with Crippen LogP contribution in [0.1, 0.15) is 11.1 Å². The summed E-state index contributed by atoms with van der Waals surface area (Å²) in [5.41, 5.74) is 7.72. The van der Waals surface area contributed by atoms with Crippen LogP contribution in [0.4, 0.5) is 10.5 Å². The first-order valence-corrected chi connectivity index (χ1v) is 4.66. The molecule has 1 aromatic rings. The molecule has 0 radical (unpaired) electrons. The monoisotopic (exact) mass is 258 g/mol. The molecular weight excluding hydrogens is 244 g/mol. The van der Waals surface area contributed by atoms with E-state index in [1.807, 2.05) is 32.0 Å². The number of para-hydroxylation sites is 1. The topological polar surface area (TPSA) is 99.7 Å². The molecule has 0 atom stereocenters. The van der Waals surface area contributed by atoms with Gasteiger partial charge in [-0.1, -0.05) is 23.4 Å². The van der Waals surface area contributed by atoms with E-state index < -0.39 is 6.03 Å². The largest absolute Gasteiger partial charge is 0.408 e. The number of hydrogen-bond donors (Lipinski definition) is 4. The molecule has 0 spiro atoms. The summed E-state index contributed by atoms with van der Waals surface area (Å²) >= 11 is 0. The maximum absolute atomic E-state index is 11.4. The summed E-state index contributed by atoms with van der Waals surface area (Å²) in [6, 6.07) is 5.11. The summed E-state index contributed by atoms with van der Waals surface area (Å²) in [5, 5.41) is 15.7. The van der Waals surface area contributed by atoms with Gasteiger partial charge in [-0.05, 0) is 25.0 Å². The van der Waals surface area contributed by atoms with Gasteiger partial charge in [-0.2, -0.15) is 0 Å². The summed E-state index contributed by atoms with van der Waals surface area (Å²) in [5.74, 6) is -0.358. The number of nitrogens with two attached hydrogens (primary N) is 1. The highest BCUT2D eigenvalue weighted by atomic mass is 35.5. The van der Waals surface area contributed by atoms with Gasteiger partial charge in [0, 0.05) is 5.69 Å². The van der Waals surface area contributed by atoms with Crippen LogP contribution < -0.4 is 16.4 Å². The molecule has 0 aliphatic carbocycles. The molecule has 6 nitrogen and oxygen atoms in total. The third kappa shape index (κ3) is 4.20. The van der Waals surface area contributed by atoms with Crippen LogP contribution in [0.5, 0.6) is 0 Å². The second-order valence-corrected chi connectivity index (χ2v) is 3.33. The Labute approximate surface area is 105 Å². The number of guanidine groups is 1. The summed E-state index contributed by atoms with van der Waals surface area (Å²) in [6.45, 7) is 3.76. The minimum atomic E-state index is -0.548. The first kappa shape index (κ1) is 15.0. The summed E-state index contributed by atoms with van der Waals surface area (Å²) in [7, 11) is 0. The van der Waals surface area contributed by atoms with Crippen LogP contribution in [0, 0.1) is 13.8 Å². The van der Waals surface area contributed by atoms with Crippen LogP contribution in [0.25, 0.3) is 0 Å². The number of benzene rings is 1. The zero-order chi connectivity index (χ0) is 12.1. The van der Waals surface area contributed by atoms with E-state index in [1.54, 1.807) is 0 Å². The highest BCUT2D eigenvalue weighted by Crippen LogP contribution is 2.18. The highest BCUT2D eigenvalue weighted by Gasteiger charge is 2.07. The smallest absolute Gasteiger partial charge is 0.326 e. The number of oxime groups is 1. The van der Waals surface area contributed by atoms with Gasteiger partial charge in [0.15, 0.2) is 0 Å². The van der Waals surface area contributed by atoms with Crippen LogP contribution in [0.3, 0.4) is 0 Å². The molecule has 7 heteroatoms. The van der Waals surface area contributed by atoms with Crippen molar-refractivity contribution in [1.82, 2.24) is 5.32 Å². The Kier molecular flexibility index (Phi) is 5.84. The van der Waals surface area contributed by atoms with Crippen molar-refractivity contribution >= 4 is 30.1 Å². The molecule has 94 valence electrons. The second kappa shape index (κ2) is 6.59. The van der Waals surface area contributed by atoms with Gasteiger partial charge in [-0.15, -0.1) is 12.4 Å². The summed E-state index contributed by atoms with van der Waals surface area (Å²) in [4.78, 5) is 11.4.